The maximum atomic E-state index is 12.3. The van der Waals surface area contributed by atoms with Gasteiger partial charge in [0.25, 0.3) is 0 Å². The van der Waals surface area contributed by atoms with E-state index in [0.29, 0.717) is 12.5 Å². The highest BCUT2D eigenvalue weighted by molar-refractivity contribution is 5.85. The molecule has 2 bridgehead atoms. The fourth-order valence-corrected chi connectivity index (χ4v) is 4.24. The van der Waals surface area contributed by atoms with Crippen LogP contribution in [0.15, 0.2) is 0 Å². The average Bonchev–Trinajstić information content (AvgIpc) is 3.04. The van der Waals surface area contributed by atoms with Gasteiger partial charge in [0.2, 0.25) is 0 Å². The first-order chi connectivity index (χ1) is 9.93. The van der Waals surface area contributed by atoms with Crippen molar-refractivity contribution in [3.8, 4) is 0 Å². The number of carbonyl (C=O) groups excluding carboxylic acids is 2. The minimum atomic E-state index is -0.241. The largest absolute Gasteiger partial charge is 0.465 e. The molecule has 0 unspecified atom stereocenters. The van der Waals surface area contributed by atoms with E-state index in [4.69, 9.17) is 9.47 Å². The van der Waals surface area contributed by atoms with Crippen molar-refractivity contribution in [3.05, 3.63) is 0 Å². The van der Waals surface area contributed by atoms with Gasteiger partial charge in [0.05, 0.1) is 45.6 Å². The number of fused-ring (bicyclic) bond motifs is 1. The van der Waals surface area contributed by atoms with Gasteiger partial charge < -0.3 is 14.0 Å². The zero-order valence-corrected chi connectivity index (χ0v) is 13.2. The van der Waals surface area contributed by atoms with Crippen LogP contribution in [0.5, 0.6) is 0 Å². The van der Waals surface area contributed by atoms with Crippen LogP contribution < -0.4 is 0 Å². The van der Waals surface area contributed by atoms with Gasteiger partial charge in [-0.25, -0.2) is 0 Å². The number of rotatable bonds is 6. The molecule has 2 saturated carbocycles. The summed E-state index contributed by atoms with van der Waals surface area (Å²) in [7, 11) is 4.35. The summed E-state index contributed by atoms with van der Waals surface area (Å²) in [6, 6.07) is 0. The summed E-state index contributed by atoms with van der Waals surface area (Å²) in [5.74, 6) is -0.232. The number of carbonyl (C=O) groups is 2. The first kappa shape index (κ1) is 14.8. The smallest absolute Gasteiger partial charge is 0.310 e. The fourth-order valence-electron chi connectivity index (χ4n) is 4.24. The van der Waals surface area contributed by atoms with Crippen LogP contribution in [0.3, 0.4) is 0 Å². The molecule has 0 aromatic heterocycles. The Kier molecular flexibility index (Phi) is 3.72. The van der Waals surface area contributed by atoms with Gasteiger partial charge in [-0.1, -0.05) is 0 Å². The van der Waals surface area contributed by atoms with Crippen molar-refractivity contribution in [1.82, 2.24) is 0 Å². The minimum absolute atomic E-state index is 0.0826. The monoisotopic (exact) mass is 296 g/mol. The molecule has 0 radical (unpaired) electrons. The molecular weight excluding hydrogens is 270 g/mol. The molecule has 1 heterocycles. The lowest BCUT2D eigenvalue weighted by Crippen LogP contribution is -2.40. The molecule has 21 heavy (non-hydrogen) atoms. The van der Waals surface area contributed by atoms with Crippen molar-refractivity contribution in [2.75, 3.05) is 33.8 Å². The topological polar surface area (TPSA) is 52.6 Å². The molecule has 0 aromatic carbocycles. The van der Waals surface area contributed by atoms with Crippen molar-refractivity contribution >= 4 is 11.9 Å². The molecule has 5 heteroatoms. The molecule has 1 saturated heterocycles. The maximum absolute atomic E-state index is 12.3. The Morgan fingerprint density at radius 2 is 2.14 bits per heavy atom. The molecule has 3 aliphatic rings. The Morgan fingerprint density at radius 1 is 1.38 bits per heavy atom. The van der Waals surface area contributed by atoms with Gasteiger partial charge in [0.15, 0.2) is 0 Å². The lowest BCUT2D eigenvalue weighted by Gasteiger charge is -2.28. The van der Waals surface area contributed by atoms with E-state index >= 15 is 0 Å². The van der Waals surface area contributed by atoms with Crippen LogP contribution in [0, 0.1) is 23.7 Å². The van der Waals surface area contributed by atoms with Crippen molar-refractivity contribution in [3.63, 3.8) is 0 Å². The van der Waals surface area contributed by atoms with E-state index in [9.17, 15) is 9.59 Å². The van der Waals surface area contributed by atoms with E-state index < -0.39 is 0 Å². The molecule has 3 fully saturated rings. The van der Waals surface area contributed by atoms with Gasteiger partial charge in [-0.3, -0.25) is 9.59 Å². The summed E-state index contributed by atoms with van der Waals surface area (Å²) < 4.78 is 11.7. The SMILES string of the molecule is CC[N+](C)(C)CCCOC(=O)[C@@H]1[C@H]2C[C@@H]3[C@@H]1C(=O)O[C@@H]3C2. The van der Waals surface area contributed by atoms with Crippen LogP contribution in [0.25, 0.3) is 0 Å². The number of ether oxygens (including phenoxy) is 2. The first-order valence-corrected chi connectivity index (χ1v) is 8.12. The molecule has 5 nitrogen and oxygen atoms in total. The van der Waals surface area contributed by atoms with Crippen LogP contribution >= 0.6 is 0 Å². The lowest BCUT2D eigenvalue weighted by molar-refractivity contribution is -0.888. The van der Waals surface area contributed by atoms with Crippen molar-refractivity contribution in [2.45, 2.75) is 32.3 Å². The molecule has 1 aliphatic heterocycles. The number of quaternary nitrogens is 1. The third kappa shape index (κ3) is 2.56. The summed E-state index contributed by atoms with van der Waals surface area (Å²) in [6.07, 6.45) is 2.76. The standard InChI is InChI=1S/C16H26NO4/c1-4-17(2,3)6-5-7-20-15(18)13-10-8-11-12(9-10)21-16(19)14(11)13/h10-14H,4-9H2,1-3H3/q+1/t10-,11-,12+,13+,14-/m0/s1. The van der Waals surface area contributed by atoms with E-state index in [1.54, 1.807) is 0 Å². The van der Waals surface area contributed by atoms with Gasteiger partial charge in [-0.2, -0.15) is 0 Å². The zero-order chi connectivity index (χ0) is 15.2. The second-order valence-corrected chi connectivity index (χ2v) is 7.42. The Hall–Kier alpha value is -1.10. The van der Waals surface area contributed by atoms with Gasteiger partial charge in [-0.15, -0.1) is 0 Å². The van der Waals surface area contributed by atoms with Crippen LogP contribution in [0.4, 0.5) is 0 Å². The molecule has 3 rings (SSSR count). The highest BCUT2D eigenvalue weighted by Gasteiger charge is 2.64. The Bertz CT molecular complexity index is 446. The van der Waals surface area contributed by atoms with E-state index in [2.05, 4.69) is 21.0 Å². The summed E-state index contributed by atoms with van der Waals surface area (Å²) in [5, 5.41) is 0. The number of nitrogens with zero attached hydrogens (tertiary/aromatic N) is 1. The third-order valence-electron chi connectivity index (χ3n) is 5.76. The normalized spacial score (nSPS) is 36.9. The van der Waals surface area contributed by atoms with E-state index in [1.165, 1.54) is 0 Å². The van der Waals surface area contributed by atoms with Crippen LogP contribution in [0.1, 0.15) is 26.2 Å². The quantitative estimate of drug-likeness (QED) is 0.420. The molecule has 0 N–H and O–H groups in total. The Morgan fingerprint density at radius 3 is 2.86 bits per heavy atom. The maximum Gasteiger partial charge on any atom is 0.310 e. The number of hydrogen-bond donors (Lipinski definition) is 0. The third-order valence-corrected chi connectivity index (χ3v) is 5.76. The number of hydrogen-bond acceptors (Lipinski definition) is 4. The summed E-state index contributed by atoms with van der Waals surface area (Å²) >= 11 is 0. The molecule has 0 spiro atoms. The van der Waals surface area contributed by atoms with Crippen molar-refractivity contribution < 1.29 is 23.5 Å². The lowest BCUT2D eigenvalue weighted by atomic mass is 9.80. The van der Waals surface area contributed by atoms with Gasteiger partial charge in [0, 0.05) is 12.3 Å². The minimum Gasteiger partial charge on any atom is -0.465 e. The summed E-state index contributed by atoms with van der Waals surface area (Å²) in [6.45, 7) is 4.67. The van der Waals surface area contributed by atoms with Gasteiger partial charge >= 0.3 is 11.9 Å². The highest BCUT2D eigenvalue weighted by atomic mass is 16.6. The fraction of sp³-hybridized carbons (Fsp3) is 0.875. The van der Waals surface area contributed by atoms with Crippen LogP contribution in [0.2, 0.25) is 0 Å². The predicted octanol–water partition coefficient (Wildman–Crippen LogP) is 1.21. The number of esters is 2. The molecule has 5 atom stereocenters. The molecule has 0 aromatic rings. The Labute approximate surface area is 126 Å². The average molecular weight is 296 g/mol. The highest BCUT2D eigenvalue weighted by Crippen LogP contribution is 2.57. The summed E-state index contributed by atoms with van der Waals surface area (Å²) in [5.41, 5.74) is 0. The summed E-state index contributed by atoms with van der Waals surface area (Å²) in [4.78, 5) is 24.2. The van der Waals surface area contributed by atoms with Crippen LogP contribution in [-0.2, 0) is 19.1 Å². The van der Waals surface area contributed by atoms with E-state index in [0.717, 1.165) is 36.8 Å². The molecule has 2 aliphatic carbocycles. The van der Waals surface area contributed by atoms with Crippen molar-refractivity contribution in [1.29, 1.82) is 0 Å². The van der Waals surface area contributed by atoms with E-state index in [1.807, 2.05) is 0 Å². The van der Waals surface area contributed by atoms with Gasteiger partial charge in [-0.05, 0) is 25.7 Å². The van der Waals surface area contributed by atoms with Crippen LogP contribution in [-0.4, -0.2) is 56.3 Å². The van der Waals surface area contributed by atoms with Crippen molar-refractivity contribution in [2.24, 2.45) is 23.7 Å². The molecule has 0 amide bonds. The second kappa shape index (κ2) is 5.27. The molecule has 118 valence electrons. The second-order valence-electron chi connectivity index (χ2n) is 7.42. The van der Waals surface area contributed by atoms with E-state index in [-0.39, 0.29) is 35.8 Å². The van der Waals surface area contributed by atoms with Gasteiger partial charge in [0.1, 0.15) is 6.10 Å². The molecular formula is C16H26NO4+. The Balaban J connectivity index is 1.49. The first-order valence-electron chi connectivity index (χ1n) is 8.12. The predicted molar refractivity (Wildman–Crippen MR) is 76.2 cm³/mol. The zero-order valence-electron chi connectivity index (χ0n) is 13.2.